The molecule has 0 spiro atoms. The molecule has 0 aromatic carbocycles. The molecule has 84 valence electrons. The van der Waals surface area contributed by atoms with Gasteiger partial charge in [-0.05, 0) is 17.3 Å². The third kappa shape index (κ3) is 2.43. The van der Waals surface area contributed by atoms with Crippen LogP contribution in [-0.2, 0) is 10.0 Å². The molecule has 0 saturated carbocycles. The second kappa shape index (κ2) is 4.28. The molecule has 16 heavy (non-hydrogen) atoms. The quantitative estimate of drug-likeness (QED) is 0.833. The van der Waals surface area contributed by atoms with Crippen molar-refractivity contribution in [3.8, 4) is 0 Å². The van der Waals surface area contributed by atoms with Crippen molar-refractivity contribution >= 4 is 38.3 Å². The van der Waals surface area contributed by atoms with Gasteiger partial charge in [0.15, 0.2) is 0 Å². The van der Waals surface area contributed by atoms with Gasteiger partial charge in [-0.2, -0.15) is 0 Å². The van der Waals surface area contributed by atoms with E-state index in [0.717, 1.165) is 17.7 Å². The molecule has 0 radical (unpaired) electrons. The molecule has 2 rings (SSSR count). The lowest BCUT2D eigenvalue weighted by Gasteiger charge is -2.02. The molecule has 2 aromatic rings. The van der Waals surface area contributed by atoms with E-state index in [4.69, 9.17) is 11.6 Å². The first-order valence-electron chi connectivity index (χ1n) is 3.87. The number of anilines is 1. The Bertz CT molecular complexity index is 567. The van der Waals surface area contributed by atoms with E-state index >= 15 is 0 Å². The second-order valence-electron chi connectivity index (χ2n) is 2.59. The lowest BCUT2D eigenvalue weighted by molar-refractivity contribution is 0.600. The Morgan fingerprint density at radius 3 is 2.75 bits per heavy atom. The van der Waals surface area contributed by atoms with Gasteiger partial charge in [-0.3, -0.25) is 4.72 Å². The van der Waals surface area contributed by atoms with Gasteiger partial charge in [0.05, 0.1) is 0 Å². The van der Waals surface area contributed by atoms with E-state index in [0.29, 0.717) is 0 Å². The Morgan fingerprint density at radius 2 is 2.19 bits per heavy atom. The molecule has 7 nitrogen and oxygen atoms in total. The minimum Gasteiger partial charge on any atom is -0.252 e. The van der Waals surface area contributed by atoms with Crippen LogP contribution in [0.15, 0.2) is 23.2 Å². The highest BCUT2D eigenvalue weighted by Gasteiger charge is 2.16. The number of nitrogens with zero attached hydrogens (tertiary/aromatic N) is 4. The van der Waals surface area contributed by atoms with Crippen LogP contribution in [0.4, 0.5) is 5.13 Å². The van der Waals surface area contributed by atoms with Crippen molar-refractivity contribution in [1.82, 2.24) is 19.8 Å². The first kappa shape index (κ1) is 11.2. The number of hydrogen-bond acceptors (Lipinski definition) is 7. The molecule has 2 heterocycles. The van der Waals surface area contributed by atoms with Crippen LogP contribution in [0.1, 0.15) is 0 Å². The molecule has 0 amide bonds. The Kier molecular flexibility index (Phi) is 2.99. The van der Waals surface area contributed by atoms with Crippen LogP contribution in [0.2, 0.25) is 5.15 Å². The van der Waals surface area contributed by atoms with Crippen LogP contribution in [0.25, 0.3) is 0 Å². The molecule has 1 N–H and O–H groups in total. The van der Waals surface area contributed by atoms with Crippen LogP contribution in [-0.4, -0.2) is 28.2 Å². The highest BCUT2D eigenvalue weighted by atomic mass is 35.5. The van der Waals surface area contributed by atoms with Gasteiger partial charge in [-0.1, -0.05) is 21.2 Å². The van der Waals surface area contributed by atoms with Gasteiger partial charge in [-0.25, -0.2) is 13.4 Å². The average molecular weight is 278 g/mol. The van der Waals surface area contributed by atoms with Gasteiger partial charge in [0.2, 0.25) is 5.13 Å². The number of nitrogens with one attached hydrogen (secondary N) is 1. The van der Waals surface area contributed by atoms with Crippen LogP contribution in [0.5, 0.6) is 0 Å². The highest BCUT2D eigenvalue weighted by Crippen LogP contribution is 2.15. The van der Waals surface area contributed by atoms with Gasteiger partial charge < -0.3 is 0 Å². The van der Waals surface area contributed by atoms with Crippen molar-refractivity contribution in [3.05, 3.63) is 23.5 Å². The Labute approximate surface area is 99.7 Å². The van der Waals surface area contributed by atoms with Crippen molar-refractivity contribution in [2.45, 2.75) is 4.90 Å². The number of halogens is 1. The van der Waals surface area contributed by atoms with Gasteiger partial charge in [0.25, 0.3) is 10.0 Å². The fourth-order valence-electron chi connectivity index (χ4n) is 0.868. The molecular formula is C6H4ClN5O2S2. The summed E-state index contributed by atoms with van der Waals surface area (Å²) in [7, 11) is -3.70. The van der Waals surface area contributed by atoms with Gasteiger partial charge in [-0.15, -0.1) is 0 Å². The lowest BCUT2D eigenvalue weighted by Crippen LogP contribution is -2.12. The average Bonchev–Trinajstić information content (AvgIpc) is 2.70. The number of hydrogen-bond donors (Lipinski definition) is 1. The summed E-state index contributed by atoms with van der Waals surface area (Å²) in [5, 5.41) is 7.05. The number of pyridine rings is 1. The van der Waals surface area contributed by atoms with Gasteiger partial charge >= 0.3 is 0 Å². The fraction of sp³-hybridized carbons (Fsp3) is 0. The molecule has 2 aromatic heterocycles. The Morgan fingerprint density at radius 1 is 1.38 bits per heavy atom. The van der Waals surface area contributed by atoms with E-state index in [9.17, 15) is 8.42 Å². The summed E-state index contributed by atoms with van der Waals surface area (Å²) < 4.78 is 29.1. The van der Waals surface area contributed by atoms with E-state index < -0.39 is 10.0 Å². The monoisotopic (exact) mass is 277 g/mol. The van der Waals surface area contributed by atoms with Crippen molar-refractivity contribution in [2.24, 2.45) is 0 Å². The molecule has 0 unspecified atom stereocenters. The molecule has 0 atom stereocenters. The summed E-state index contributed by atoms with van der Waals surface area (Å²) in [6.45, 7) is 0. The normalized spacial score (nSPS) is 11.3. The van der Waals surface area contributed by atoms with Crippen molar-refractivity contribution in [3.63, 3.8) is 0 Å². The van der Waals surface area contributed by atoms with Crippen LogP contribution >= 0.6 is 23.1 Å². The summed E-state index contributed by atoms with van der Waals surface area (Å²) in [6.07, 6.45) is 1.15. The van der Waals surface area contributed by atoms with E-state index in [-0.39, 0.29) is 15.2 Å². The van der Waals surface area contributed by atoms with Gasteiger partial charge in [0, 0.05) is 17.7 Å². The van der Waals surface area contributed by atoms with Crippen LogP contribution < -0.4 is 4.72 Å². The molecule has 0 fully saturated rings. The third-order valence-corrected chi connectivity index (χ3v) is 3.72. The summed E-state index contributed by atoms with van der Waals surface area (Å²) in [5.74, 6) is 0. The first-order chi connectivity index (χ1) is 7.58. The van der Waals surface area contributed by atoms with Gasteiger partial charge in [0.1, 0.15) is 10.0 Å². The zero-order valence-electron chi connectivity index (χ0n) is 7.53. The molecular weight excluding hydrogens is 274 g/mol. The molecule has 0 aliphatic carbocycles. The summed E-state index contributed by atoms with van der Waals surface area (Å²) in [6, 6.07) is 2.72. The van der Waals surface area contributed by atoms with Crippen molar-refractivity contribution in [1.29, 1.82) is 0 Å². The van der Waals surface area contributed by atoms with E-state index in [2.05, 4.69) is 24.5 Å². The zero-order valence-corrected chi connectivity index (χ0v) is 9.92. The largest absolute Gasteiger partial charge is 0.265 e. The highest BCUT2D eigenvalue weighted by molar-refractivity contribution is 7.92. The molecule has 0 bridgehead atoms. The number of rotatable bonds is 3. The minimum atomic E-state index is -3.70. The lowest BCUT2D eigenvalue weighted by atomic mass is 10.5. The SMILES string of the molecule is O=S(=O)(Nc1nnns1)c1ccc(Cl)nc1. The standard InChI is InChI=1S/C6H4ClN5O2S2/c7-5-2-1-4(3-8-5)16(13,14)10-6-9-11-12-15-6/h1-3H,(H,9,10,12). The van der Waals surface area contributed by atoms with Crippen molar-refractivity contribution < 1.29 is 8.42 Å². The maximum atomic E-state index is 11.7. The number of aromatic nitrogens is 4. The maximum Gasteiger partial charge on any atom is 0.265 e. The minimum absolute atomic E-state index is 0.00731. The molecule has 0 aliphatic rings. The van der Waals surface area contributed by atoms with E-state index in [1.807, 2.05) is 0 Å². The molecule has 10 heteroatoms. The fourth-order valence-corrected chi connectivity index (χ4v) is 2.51. The predicted molar refractivity (Wildman–Crippen MR) is 57.8 cm³/mol. The number of sulfonamides is 1. The summed E-state index contributed by atoms with van der Waals surface area (Å²) in [5.41, 5.74) is 0. The van der Waals surface area contributed by atoms with Crippen LogP contribution in [0.3, 0.4) is 0 Å². The first-order valence-corrected chi connectivity index (χ1v) is 6.51. The zero-order chi connectivity index (χ0) is 11.6. The third-order valence-electron chi connectivity index (χ3n) is 1.53. The topological polar surface area (TPSA) is 97.7 Å². The predicted octanol–water partition coefficient (Wildman–Crippen LogP) is 0.782. The summed E-state index contributed by atoms with van der Waals surface area (Å²) in [4.78, 5) is 3.67. The van der Waals surface area contributed by atoms with E-state index in [1.54, 1.807) is 0 Å². The molecule has 0 aliphatic heterocycles. The second-order valence-corrected chi connectivity index (χ2v) is 5.39. The maximum absolute atomic E-state index is 11.7. The Balaban J connectivity index is 2.29. The van der Waals surface area contributed by atoms with E-state index in [1.165, 1.54) is 12.1 Å². The Hall–Kier alpha value is -1.32. The summed E-state index contributed by atoms with van der Waals surface area (Å²) >= 11 is 6.39. The molecule has 0 saturated heterocycles. The van der Waals surface area contributed by atoms with Crippen molar-refractivity contribution in [2.75, 3.05) is 4.72 Å². The smallest absolute Gasteiger partial charge is 0.252 e. The van der Waals surface area contributed by atoms with Crippen LogP contribution in [0, 0.1) is 0 Å².